The van der Waals surface area contributed by atoms with Crippen LogP contribution in [0.5, 0.6) is 0 Å². The molecule has 0 aliphatic heterocycles. The first kappa shape index (κ1) is 9.47. The van der Waals surface area contributed by atoms with Crippen LogP contribution in [0.25, 0.3) is 0 Å². The predicted molar refractivity (Wildman–Crippen MR) is 57.4 cm³/mol. The molecule has 13 heavy (non-hydrogen) atoms. The van der Waals surface area contributed by atoms with Crippen molar-refractivity contribution in [1.29, 1.82) is 0 Å². The molecule has 0 spiro atoms. The molecule has 1 aliphatic rings. The van der Waals surface area contributed by atoms with Gasteiger partial charge in [0.2, 0.25) is 0 Å². The van der Waals surface area contributed by atoms with Gasteiger partial charge in [0, 0.05) is 23.9 Å². The van der Waals surface area contributed by atoms with E-state index >= 15 is 0 Å². The number of aromatic nitrogens is 1. The minimum atomic E-state index is 0.374. The second-order valence-electron chi connectivity index (χ2n) is 3.94. The predicted octanol–water partition coefficient (Wildman–Crippen LogP) is 3.48. The first-order valence-electron chi connectivity index (χ1n) is 4.79. The maximum atomic E-state index is 6.06. The van der Waals surface area contributed by atoms with E-state index in [1.807, 2.05) is 11.6 Å². The molecule has 0 unspecified atom stereocenters. The summed E-state index contributed by atoms with van der Waals surface area (Å²) in [5.74, 6) is 0.798. The fourth-order valence-electron chi connectivity index (χ4n) is 2.14. The van der Waals surface area contributed by atoms with Crippen molar-refractivity contribution < 1.29 is 0 Å². The van der Waals surface area contributed by atoms with Crippen molar-refractivity contribution in [2.24, 2.45) is 5.41 Å². The summed E-state index contributed by atoms with van der Waals surface area (Å²) >= 11 is 7.81. The Balaban J connectivity index is 2.06. The van der Waals surface area contributed by atoms with Gasteiger partial charge in [-0.3, -0.25) is 0 Å². The maximum absolute atomic E-state index is 6.06. The van der Waals surface area contributed by atoms with Crippen molar-refractivity contribution in [2.75, 3.05) is 5.88 Å². The Bertz CT molecular complexity index is 252. The second-order valence-corrected chi connectivity index (χ2v) is 5.19. The van der Waals surface area contributed by atoms with E-state index in [4.69, 9.17) is 11.6 Å². The largest absolute Gasteiger partial charge is 0.250 e. The van der Waals surface area contributed by atoms with Gasteiger partial charge in [-0.15, -0.1) is 22.9 Å². The summed E-state index contributed by atoms with van der Waals surface area (Å²) in [6.45, 7) is 0. The molecule has 0 aromatic carbocycles. The number of alkyl halides is 1. The number of rotatable bonds is 3. The van der Waals surface area contributed by atoms with Gasteiger partial charge in [0.15, 0.2) is 0 Å². The third-order valence-corrected chi connectivity index (χ3v) is 4.30. The topological polar surface area (TPSA) is 12.9 Å². The number of halogens is 1. The van der Waals surface area contributed by atoms with Gasteiger partial charge >= 0.3 is 0 Å². The summed E-state index contributed by atoms with van der Waals surface area (Å²) in [7, 11) is 0. The van der Waals surface area contributed by atoms with Gasteiger partial charge in [0.1, 0.15) is 0 Å². The van der Waals surface area contributed by atoms with Crippen LogP contribution in [0.3, 0.4) is 0 Å². The van der Waals surface area contributed by atoms with Crippen LogP contribution in [0.4, 0.5) is 0 Å². The Hall–Kier alpha value is -0.0800. The Morgan fingerprint density at radius 2 is 2.23 bits per heavy atom. The van der Waals surface area contributed by atoms with E-state index in [1.165, 1.54) is 30.7 Å². The Morgan fingerprint density at radius 1 is 1.46 bits per heavy atom. The van der Waals surface area contributed by atoms with Crippen LogP contribution in [0.15, 0.2) is 11.6 Å². The van der Waals surface area contributed by atoms with Crippen LogP contribution in [-0.4, -0.2) is 10.9 Å². The van der Waals surface area contributed by atoms with Crippen LogP contribution in [0.1, 0.15) is 30.7 Å². The van der Waals surface area contributed by atoms with Gasteiger partial charge in [-0.05, 0) is 18.3 Å². The van der Waals surface area contributed by atoms with Crippen LogP contribution in [-0.2, 0) is 6.42 Å². The first-order chi connectivity index (χ1) is 6.35. The molecule has 1 fully saturated rings. The van der Waals surface area contributed by atoms with E-state index in [9.17, 15) is 0 Å². The van der Waals surface area contributed by atoms with Crippen molar-refractivity contribution >= 4 is 22.9 Å². The minimum absolute atomic E-state index is 0.374. The van der Waals surface area contributed by atoms with Gasteiger partial charge in [-0.2, -0.15) is 0 Å². The van der Waals surface area contributed by atoms with Crippen LogP contribution >= 0.6 is 22.9 Å². The molecule has 0 bridgehead atoms. The van der Waals surface area contributed by atoms with Gasteiger partial charge in [-0.1, -0.05) is 12.8 Å². The Labute approximate surface area is 88.1 Å². The fourth-order valence-corrected chi connectivity index (χ4v) is 3.30. The summed E-state index contributed by atoms with van der Waals surface area (Å²) < 4.78 is 0. The van der Waals surface area contributed by atoms with Crippen molar-refractivity contribution in [1.82, 2.24) is 4.98 Å². The molecule has 0 saturated heterocycles. The van der Waals surface area contributed by atoms with Crippen LogP contribution in [0.2, 0.25) is 0 Å². The molecule has 0 amide bonds. The molecule has 0 radical (unpaired) electrons. The molecule has 1 aromatic rings. The molecule has 1 heterocycles. The summed E-state index contributed by atoms with van der Waals surface area (Å²) in [6, 6.07) is 0. The van der Waals surface area contributed by atoms with Crippen molar-refractivity contribution in [3.8, 4) is 0 Å². The number of thiazole rings is 1. The lowest BCUT2D eigenvalue weighted by Crippen LogP contribution is -2.21. The third kappa shape index (κ3) is 2.05. The average molecular weight is 216 g/mol. The highest BCUT2D eigenvalue weighted by Crippen LogP contribution is 2.42. The molecular formula is C10H14ClNS. The monoisotopic (exact) mass is 215 g/mol. The van der Waals surface area contributed by atoms with E-state index in [-0.39, 0.29) is 0 Å². The molecule has 0 N–H and O–H groups in total. The minimum Gasteiger partial charge on any atom is -0.250 e. The molecule has 1 saturated carbocycles. The quantitative estimate of drug-likeness (QED) is 0.704. The maximum Gasteiger partial charge on any atom is 0.0930 e. The zero-order valence-corrected chi connectivity index (χ0v) is 9.20. The molecule has 1 aromatic heterocycles. The van der Waals surface area contributed by atoms with Gasteiger partial charge < -0.3 is 0 Å². The molecular weight excluding hydrogens is 202 g/mol. The van der Waals surface area contributed by atoms with E-state index in [0.29, 0.717) is 5.41 Å². The highest BCUT2D eigenvalue weighted by atomic mass is 35.5. The standard InChI is InChI=1S/C10H14ClNS/c11-8-10(3-1-2-4-10)7-9-12-5-6-13-9/h5-6H,1-4,7-8H2. The number of nitrogens with zero attached hydrogens (tertiary/aromatic N) is 1. The zero-order valence-electron chi connectivity index (χ0n) is 7.63. The van der Waals surface area contributed by atoms with Crippen molar-refractivity contribution in [3.63, 3.8) is 0 Å². The Morgan fingerprint density at radius 3 is 2.77 bits per heavy atom. The lowest BCUT2D eigenvalue weighted by molar-refractivity contribution is 0.340. The lowest BCUT2D eigenvalue weighted by atomic mass is 9.85. The molecule has 2 rings (SSSR count). The SMILES string of the molecule is ClCC1(Cc2nccs2)CCCC1. The molecule has 72 valence electrons. The van der Waals surface area contributed by atoms with Gasteiger partial charge in [0.25, 0.3) is 0 Å². The van der Waals surface area contributed by atoms with Crippen LogP contribution < -0.4 is 0 Å². The highest BCUT2D eigenvalue weighted by Gasteiger charge is 2.33. The van der Waals surface area contributed by atoms with Crippen molar-refractivity contribution in [2.45, 2.75) is 32.1 Å². The molecule has 3 heteroatoms. The number of hydrogen-bond acceptors (Lipinski definition) is 2. The summed E-state index contributed by atoms with van der Waals surface area (Å²) in [4.78, 5) is 4.33. The number of hydrogen-bond donors (Lipinski definition) is 0. The van der Waals surface area contributed by atoms with E-state index in [0.717, 1.165) is 12.3 Å². The van der Waals surface area contributed by atoms with E-state index < -0.39 is 0 Å². The molecule has 1 nitrogen and oxygen atoms in total. The van der Waals surface area contributed by atoms with E-state index in [1.54, 1.807) is 11.3 Å². The summed E-state index contributed by atoms with van der Waals surface area (Å²) in [5, 5.41) is 3.30. The Kier molecular flexibility index (Phi) is 2.89. The highest BCUT2D eigenvalue weighted by molar-refractivity contribution is 7.09. The van der Waals surface area contributed by atoms with Crippen molar-refractivity contribution in [3.05, 3.63) is 16.6 Å². The zero-order chi connectivity index (χ0) is 9.15. The van der Waals surface area contributed by atoms with Gasteiger partial charge in [-0.25, -0.2) is 4.98 Å². The average Bonchev–Trinajstić information content (AvgIpc) is 2.77. The molecule has 0 atom stereocenters. The molecule has 1 aliphatic carbocycles. The normalized spacial score (nSPS) is 20.7. The smallest absolute Gasteiger partial charge is 0.0930 e. The summed E-state index contributed by atoms with van der Waals surface area (Å²) in [6.07, 6.45) is 8.24. The first-order valence-corrected chi connectivity index (χ1v) is 6.20. The van der Waals surface area contributed by atoms with Crippen LogP contribution in [0, 0.1) is 5.41 Å². The lowest BCUT2D eigenvalue weighted by Gasteiger charge is -2.24. The second kappa shape index (κ2) is 3.97. The van der Waals surface area contributed by atoms with Gasteiger partial charge in [0.05, 0.1) is 5.01 Å². The van der Waals surface area contributed by atoms with E-state index in [2.05, 4.69) is 4.98 Å². The summed E-state index contributed by atoms with van der Waals surface area (Å²) in [5.41, 5.74) is 0.374. The fraction of sp³-hybridized carbons (Fsp3) is 0.700. The third-order valence-electron chi connectivity index (χ3n) is 2.96.